The Hall–Kier alpha value is -1.94. The lowest BCUT2D eigenvalue weighted by molar-refractivity contribution is 0.181. The molecule has 2 aromatic rings. The van der Waals surface area contributed by atoms with E-state index in [1.54, 1.807) is 7.11 Å². The minimum absolute atomic E-state index is 0.482. The normalized spacial score (nSPS) is 10.4. The predicted octanol–water partition coefficient (Wildman–Crippen LogP) is 2.64. The van der Waals surface area contributed by atoms with Crippen LogP contribution in [0.3, 0.4) is 0 Å². The largest absolute Gasteiger partial charge is 0.378 e. The van der Waals surface area contributed by atoms with Crippen molar-refractivity contribution in [3.8, 4) is 11.4 Å². The maximum absolute atomic E-state index is 5.12. The maximum Gasteiger partial charge on any atom is 0.161 e. The Kier molecular flexibility index (Phi) is 3.89. The predicted molar refractivity (Wildman–Crippen MR) is 72.5 cm³/mol. The van der Waals surface area contributed by atoms with Gasteiger partial charge in [-0.25, -0.2) is 9.97 Å². The van der Waals surface area contributed by atoms with Crippen LogP contribution in [-0.2, 0) is 11.3 Å². The Morgan fingerprint density at radius 3 is 2.50 bits per heavy atom. The number of rotatable bonds is 4. The fraction of sp³-hybridized carbons (Fsp3) is 0.286. The fourth-order valence-electron chi connectivity index (χ4n) is 1.68. The van der Waals surface area contributed by atoms with Gasteiger partial charge in [0.05, 0.1) is 12.3 Å². The number of ether oxygens (including phenoxy) is 1. The van der Waals surface area contributed by atoms with E-state index in [1.165, 1.54) is 5.56 Å². The molecular formula is C14H17N3O. The van der Waals surface area contributed by atoms with E-state index in [-0.39, 0.29) is 0 Å². The SMILES string of the molecule is CNc1cc(COC)nc(-c2ccc(C)cc2)n1. The van der Waals surface area contributed by atoms with Gasteiger partial charge in [0, 0.05) is 25.8 Å². The number of nitrogens with one attached hydrogen (secondary N) is 1. The first-order valence-electron chi connectivity index (χ1n) is 5.84. The van der Waals surface area contributed by atoms with Crippen LogP contribution in [0.2, 0.25) is 0 Å². The van der Waals surface area contributed by atoms with Gasteiger partial charge < -0.3 is 10.1 Å². The van der Waals surface area contributed by atoms with Crippen LogP contribution in [-0.4, -0.2) is 24.1 Å². The van der Waals surface area contributed by atoms with Crippen molar-refractivity contribution in [1.29, 1.82) is 0 Å². The number of methoxy groups -OCH3 is 1. The molecule has 4 heteroatoms. The highest BCUT2D eigenvalue weighted by molar-refractivity contribution is 5.57. The minimum Gasteiger partial charge on any atom is -0.378 e. The van der Waals surface area contributed by atoms with E-state index in [9.17, 15) is 0 Å². The van der Waals surface area contributed by atoms with Crippen molar-refractivity contribution in [3.05, 3.63) is 41.6 Å². The molecule has 2 rings (SSSR count). The van der Waals surface area contributed by atoms with Crippen molar-refractivity contribution in [2.45, 2.75) is 13.5 Å². The number of benzene rings is 1. The number of aryl methyl sites for hydroxylation is 1. The van der Waals surface area contributed by atoms with E-state index in [4.69, 9.17) is 4.74 Å². The van der Waals surface area contributed by atoms with Crippen LogP contribution < -0.4 is 5.32 Å². The molecule has 1 N–H and O–H groups in total. The molecule has 1 heterocycles. The van der Waals surface area contributed by atoms with Crippen LogP contribution in [0.1, 0.15) is 11.3 Å². The lowest BCUT2D eigenvalue weighted by atomic mass is 10.1. The quantitative estimate of drug-likeness (QED) is 0.896. The van der Waals surface area contributed by atoms with Crippen LogP contribution in [0, 0.1) is 6.92 Å². The molecule has 0 saturated heterocycles. The first-order valence-corrected chi connectivity index (χ1v) is 5.84. The van der Waals surface area contributed by atoms with Crippen molar-refractivity contribution in [2.24, 2.45) is 0 Å². The second-order valence-corrected chi connectivity index (χ2v) is 4.12. The zero-order valence-corrected chi connectivity index (χ0v) is 10.9. The molecule has 0 saturated carbocycles. The molecule has 0 aliphatic heterocycles. The van der Waals surface area contributed by atoms with E-state index in [0.29, 0.717) is 12.4 Å². The van der Waals surface area contributed by atoms with Crippen LogP contribution in [0.15, 0.2) is 30.3 Å². The van der Waals surface area contributed by atoms with Crippen LogP contribution in [0.4, 0.5) is 5.82 Å². The lowest BCUT2D eigenvalue weighted by Crippen LogP contribution is -2.01. The number of nitrogens with zero attached hydrogens (tertiary/aromatic N) is 2. The van der Waals surface area contributed by atoms with Gasteiger partial charge in [-0.05, 0) is 6.92 Å². The molecule has 0 aliphatic carbocycles. The smallest absolute Gasteiger partial charge is 0.161 e. The summed E-state index contributed by atoms with van der Waals surface area (Å²) in [7, 11) is 3.50. The molecule has 94 valence electrons. The Balaban J connectivity index is 2.42. The topological polar surface area (TPSA) is 47.0 Å². The van der Waals surface area contributed by atoms with Crippen molar-refractivity contribution >= 4 is 5.82 Å². The van der Waals surface area contributed by atoms with Crippen molar-refractivity contribution < 1.29 is 4.74 Å². The molecule has 1 aromatic heterocycles. The van der Waals surface area contributed by atoms with Gasteiger partial charge >= 0.3 is 0 Å². The van der Waals surface area contributed by atoms with Gasteiger partial charge in [0.15, 0.2) is 5.82 Å². The van der Waals surface area contributed by atoms with Gasteiger partial charge in [0.1, 0.15) is 5.82 Å². The van der Waals surface area contributed by atoms with Gasteiger partial charge in [-0.15, -0.1) is 0 Å². The number of anilines is 1. The summed E-state index contributed by atoms with van der Waals surface area (Å²) in [5, 5.41) is 3.04. The zero-order valence-electron chi connectivity index (χ0n) is 10.9. The van der Waals surface area contributed by atoms with Crippen molar-refractivity contribution in [2.75, 3.05) is 19.5 Å². The lowest BCUT2D eigenvalue weighted by Gasteiger charge is -2.07. The molecule has 18 heavy (non-hydrogen) atoms. The molecular weight excluding hydrogens is 226 g/mol. The van der Waals surface area contributed by atoms with Crippen LogP contribution >= 0.6 is 0 Å². The molecule has 0 bridgehead atoms. The third kappa shape index (κ3) is 2.84. The number of hydrogen-bond donors (Lipinski definition) is 1. The molecule has 4 nitrogen and oxygen atoms in total. The van der Waals surface area contributed by atoms with E-state index in [1.807, 2.05) is 25.2 Å². The Labute approximate surface area is 107 Å². The summed E-state index contributed by atoms with van der Waals surface area (Å²) in [4.78, 5) is 8.95. The molecule has 0 aliphatic rings. The van der Waals surface area contributed by atoms with Gasteiger partial charge in [-0.1, -0.05) is 29.8 Å². The standard InChI is InChI=1S/C14H17N3O/c1-10-4-6-11(7-5-10)14-16-12(9-18-3)8-13(15-2)17-14/h4-8H,9H2,1-3H3,(H,15,16,17). The maximum atomic E-state index is 5.12. The zero-order chi connectivity index (χ0) is 13.0. The highest BCUT2D eigenvalue weighted by atomic mass is 16.5. The monoisotopic (exact) mass is 243 g/mol. The third-order valence-electron chi connectivity index (χ3n) is 2.64. The average molecular weight is 243 g/mol. The minimum atomic E-state index is 0.482. The molecule has 0 radical (unpaired) electrons. The second kappa shape index (κ2) is 5.60. The highest BCUT2D eigenvalue weighted by Gasteiger charge is 2.06. The Bertz CT molecular complexity index is 523. The number of aromatic nitrogens is 2. The van der Waals surface area contributed by atoms with Gasteiger partial charge in [0.25, 0.3) is 0 Å². The summed E-state index contributed by atoms with van der Waals surface area (Å²) < 4.78 is 5.12. The van der Waals surface area contributed by atoms with Crippen LogP contribution in [0.5, 0.6) is 0 Å². The summed E-state index contributed by atoms with van der Waals surface area (Å²) in [5.74, 6) is 1.52. The Morgan fingerprint density at radius 1 is 1.17 bits per heavy atom. The molecule has 0 unspecified atom stereocenters. The third-order valence-corrected chi connectivity index (χ3v) is 2.64. The van der Waals surface area contributed by atoms with E-state index in [2.05, 4.69) is 34.3 Å². The molecule has 0 amide bonds. The van der Waals surface area contributed by atoms with Gasteiger partial charge in [-0.3, -0.25) is 0 Å². The van der Waals surface area contributed by atoms with E-state index in [0.717, 1.165) is 17.1 Å². The summed E-state index contributed by atoms with van der Waals surface area (Å²) in [6, 6.07) is 10.1. The fourth-order valence-corrected chi connectivity index (χ4v) is 1.68. The second-order valence-electron chi connectivity index (χ2n) is 4.12. The molecule has 0 fully saturated rings. The van der Waals surface area contributed by atoms with Gasteiger partial charge in [0.2, 0.25) is 0 Å². The summed E-state index contributed by atoms with van der Waals surface area (Å²) in [5.41, 5.74) is 3.10. The summed E-state index contributed by atoms with van der Waals surface area (Å²) in [6.45, 7) is 2.54. The number of hydrogen-bond acceptors (Lipinski definition) is 4. The summed E-state index contributed by atoms with van der Waals surface area (Å²) >= 11 is 0. The average Bonchev–Trinajstić information content (AvgIpc) is 2.39. The van der Waals surface area contributed by atoms with E-state index >= 15 is 0 Å². The van der Waals surface area contributed by atoms with Crippen molar-refractivity contribution in [1.82, 2.24) is 9.97 Å². The van der Waals surface area contributed by atoms with Gasteiger partial charge in [-0.2, -0.15) is 0 Å². The first kappa shape index (κ1) is 12.5. The Morgan fingerprint density at radius 2 is 1.89 bits per heavy atom. The summed E-state index contributed by atoms with van der Waals surface area (Å²) in [6.07, 6.45) is 0. The van der Waals surface area contributed by atoms with Crippen molar-refractivity contribution in [3.63, 3.8) is 0 Å². The molecule has 1 aromatic carbocycles. The van der Waals surface area contributed by atoms with E-state index < -0.39 is 0 Å². The molecule has 0 spiro atoms. The van der Waals surface area contributed by atoms with Crippen LogP contribution in [0.25, 0.3) is 11.4 Å². The first-order chi connectivity index (χ1) is 8.72. The highest BCUT2D eigenvalue weighted by Crippen LogP contribution is 2.18. The molecule has 0 atom stereocenters.